The minimum absolute atomic E-state index is 0.0769. The van der Waals surface area contributed by atoms with Crippen molar-refractivity contribution in [2.45, 2.75) is 32.2 Å². The first-order valence-electron chi connectivity index (χ1n) is 7.01. The normalized spacial score (nSPS) is 20.1. The molecule has 0 saturated carbocycles. The molecule has 0 spiro atoms. The van der Waals surface area contributed by atoms with Gasteiger partial charge in [0.2, 0.25) is 11.8 Å². The summed E-state index contributed by atoms with van der Waals surface area (Å²) in [5.74, 6) is 0.322. The van der Waals surface area contributed by atoms with E-state index < -0.39 is 0 Å². The molecule has 1 aliphatic rings. The molecular formula is C15H21N3O2. The Balaban J connectivity index is 1.92. The molecule has 0 aliphatic carbocycles. The number of rotatable bonds is 4. The summed E-state index contributed by atoms with van der Waals surface area (Å²) < 4.78 is 0. The van der Waals surface area contributed by atoms with E-state index in [1.165, 1.54) is 5.56 Å². The Labute approximate surface area is 119 Å². The SMILES string of the molecule is CCC(C)c1ccc(NC(=O)C2CNC(=O)CN2)cc1. The third-order valence-corrected chi connectivity index (χ3v) is 3.69. The number of piperazine rings is 1. The minimum atomic E-state index is -0.373. The van der Waals surface area contributed by atoms with Crippen LogP contribution in [-0.4, -0.2) is 30.9 Å². The molecule has 5 heteroatoms. The maximum atomic E-state index is 12.0. The second-order valence-electron chi connectivity index (χ2n) is 5.16. The van der Waals surface area contributed by atoms with Gasteiger partial charge >= 0.3 is 0 Å². The number of carbonyl (C=O) groups is 2. The van der Waals surface area contributed by atoms with Gasteiger partial charge in [-0.15, -0.1) is 0 Å². The van der Waals surface area contributed by atoms with Gasteiger partial charge in [-0.25, -0.2) is 0 Å². The zero-order valence-corrected chi connectivity index (χ0v) is 11.9. The van der Waals surface area contributed by atoms with Crippen LogP contribution in [0.25, 0.3) is 0 Å². The number of anilines is 1. The average molecular weight is 275 g/mol. The first kappa shape index (κ1) is 14.5. The molecule has 2 rings (SSSR count). The Kier molecular flexibility index (Phi) is 4.74. The minimum Gasteiger partial charge on any atom is -0.353 e. The Morgan fingerprint density at radius 2 is 2.10 bits per heavy atom. The summed E-state index contributed by atoms with van der Waals surface area (Å²) in [6.07, 6.45) is 1.09. The first-order chi connectivity index (χ1) is 9.60. The average Bonchev–Trinajstić information content (AvgIpc) is 2.48. The Morgan fingerprint density at radius 3 is 2.65 bits per heavy atom. The smallest absolute Gasteiger partial charge is 0.243 e. The Bertz CT molecular complexity index is 474. The van der Waals surface area contributed by atoms with Gasteiger partial charge < -0.3 is 10.6 Å². The van der Waals surface area contributed by atoms with Crippen molar-refractivity contribution in [2.75, 3.05) is 18.4 Å². The Hall–Kier alpha value is -1.88. The van der Waals surface area contributed by atoms with Gasteiger partial charge in [0.25, 0.3) is 0 Å². The maximum absolute atomic E-state index is 12.0. The fourth-order valence-corrected chi connectivity index (χ4v) is 2.11. The van der Waals surface area contributed by atoms with E-state index in [0.29, 0.717) is 12.5 Å². The lowest BCUT2D eigenvalue weighted by Gasteiger charge is -2.23. The number of amides is 2. The molecule has 1 saturated heterocycles. The topological polar surface area (TPSA) is 70.2 Å². The largest absolute Gasteiger partial charge is 0.353 e. The van der Waals surface area contributed by atoms with Crippen molar-refractivity contribution < 1.29 is 9.59 Å². The van der Waals surface area contributed by atoms with E-state index in [1.807, 2.05) is 24.3 Å². The van der Waals surface area contributed by atoms with Crippen molar-refractivity contribution in [3.63, 3.8) is 0 Å². The van der Waals surface area contributed by atoms with Gasteiger partial charge in [-0.2, -0.15) is 0 Å². The summed E-state index contributed by atoms with van der Waals surface area (Å²) >= 11 is 0. The monoisotopic (exact) mass is 275 g/mol. The molecule has 0 bridgehead atoms. The van der Waals surface area contributed by atoms with Crippen LogP contribution >= 0.6 is 0 Å². The number of carbonyl (C=O) groups excluding carboxylic acids is 2. The molecule has 2 atom stereocenters. The molecule has 2 amide bonds. The van der Waals surface area contributed by atoms with Crippen LogP contribution in [0.1, 0.15) is 31.7 Å². The number of benzene rings is 1. The van der Waals surface area contributed by atoms with Crippen LogP contribution in [0.3, 0.4) is 0 Å². The van der Waals surface area contributed by atoms with Crippen molar-refractivity contribution in [1.29, 1.82) is 0 Å². The summed E-state index contributed by atoms with van der Waals surface area (Å²) in [6, 6.07) is 7.54. The van der Waals surface area contributed by atoms with Crippen LogP contribution in [0, 0.1) is 0 Å². The molecule has 1 aromatic carbocycles. The maximum Gasteiger partial charge on any atom is 0.243 e. The van der Waals surface area contributed by atoms with Gasteiger partial charge in [-0.05, 0) is 30.0 Å². The van der Waals surface area contributed by atoms with Crippen LogP contribution in [0.4, 0.5) is 5.69 Å². The zero-order chi connectivity index (χ0) is 14.5. The van der Waals surface area contributed by atoms with Crippen LogP contribution in [0.15, 0.2) is 24.3 Å². The molecule has 0 radical (unpaired) electrons. The van der Waals surface area contributed by atoms with Gasteiger partial charge in [-0.1, -0.05) is 26.0 Å². The summed E-state index contributed by atoms with van der Waals surface area (Å²) in [4.78, 5) is 23.0. The number of nitrogens with one attached hydrogen (secondary N) is 3. The molecular weight excluding hydrogens is 254 g/mol. The number of hydrogen-bond acceptors (Lipinski definition) is 3. The molecule has 108 valence electrons. The van der Waals surface area contributed by atoms with Crippen molar-refractivity contribution in [3.05, 3.63) is 29.8 Å². The molecule has 1 aromatic rings. The van der Waals surface area contributed by atoms with Crippen LogP contribution in [0.2, 0.25) is 0 Å². The number of hydrogen-bond donors (Lipinski definition) is 3. The lowest BCUT2D eigenvalue weighted by atomic mass is 9.98. The van der Waals surface area contributed by atoms with Gasteiger partial charge in [0.1, 0.15) is 6.04 Å². The predicted molar refractivity (Wildman–Crippen MR) is 78.6 cm³/mol. The van der Waals surface area contributed by atoms with E-state index in [0.717, 1.165) is 12.1 Å². The van der Waals surface area contributed by atoms with Crippen molar-refractivity contribution >= 4 is 17.5 Å². The fraction of sp³-hybridized carbons (Fsp3) is 0.467. The summed E-state index contributed by atoms with van der Waals surface area (Å²) in [5, 5.41) is 8.43. The van der Waals surface area contributed by atoms with Crippen LogP contribution < -0.4 is 16.0 Å². The third-order valence-electron chi connectivity index (χ3n) is 3.69. The highest BCUT2D eigenvalue weighted by atomic mass is 16.2. The molecule has 20 heavy (non-hydrogen) atoms. The first-order valence-corrected chi connectivity index (χ1v) is 7.01. The van der Waals surface area contributed by atoms with Crippen molar-refractivity contribution in [3.8, 4) is 0 Å². The molecule has 0 aromatic heterocycles. The fourth-order valence-electron chi connectivity index (χ4n) is 2.11. The summed E-state index contributed by atoms with van der Waals surface area (Å²) in [6.45, 7) is 4.85. The Morgan fingerprint density at radius 1 is 1.40 bits per heavy atom. The highest BCUT2D eigenvalue weighted by Gasteiger charge is 2.23. The second-order valence-corrected chi connectivity index (χ2v) is 5.16. The quantitative estimate of drug-likeness (QED) is 0.774. The van der Waals surface area contributed by atoms with Crippen molar-refractivity contribution in [2.24, 2.45) is 0 Å². The van der Waals surface area contributed by atoms with Gasteiger partial charge in [0.05, 0.1) is 6.54 Å². The predicted octanol–water partition coefficient (Wildman–Crippen LogP) is 1.23. The van der Waals surface area contributed by atoms with Gasteiger partial charge in [0, 0.05) is 12.2 Å². The highest BCUT2D eigenvalue weighted by molar-refractivity contribution is 5.96. The molecule has 3 N–H and O–H groups in total. The zero-order valence-electron chi connectivity index (χ0n) is 11.9. The second kappa shape index (κ2) is 6.52. The molecule has 1 heterocycles. The van der Waals surface area contributed by atoms with E-state index >= 15 is 0 Å². The van der Waals surface area contributed by atoms with E-state index in [2.05, 4.69) is 29.8 Å². The van der Waals surface area contributed by atoms with Gasteiger partial charge in [0.15, 0.2) is 0 Å². The standard InChI is InChI=1S/C15H21N3O2/c1-3-10(2)11-4-6-12(7-5-11)18-15(20)13-8-17-14(19)9-16-13/h4-7,10,13,16H,3,8-9H2,1-2H3,(H,17,19)(H,18,20). The summed E-state index contributed by atoms with van der Waals surface area (Å²) in [5.41, 5.74) is 2.05. The molecule has 1 aliphatic heterocycles. The van der Waals surface area contributed by atoms with Crippen LogP contribution in [0.5, 0.6) is 0 Å². The van der Waals surface area contributed by atoms with Gasteiger partial charge in [-0.3, -0.25) is 14.9 Å². The van der Waals surface area contributed by atoms with Crippen LogP contribution in [-0.2, 0) is 9.59 Å². The highest BCUT2D eigenvalue weighted by Crippen LogP contribution is 2.20. The molecule has 1 fully saturated rings. The van der Waals surface area contributed by atoms with E-state index in [4.69, 9.17) is 0 Å². The summed E-state index contributed by atoms with van der Waals surface area (Å²) in [7, 11) is 0. The molecule has 5 nitrogen and oxygen atoms in total. The molecule has 2 unspecified atom stereocenters. The van der Waals surface area contributed by atoms with E-state index in [1.54, 1.807) is 0 Å². The third kappa shape index (κ3) is 3.57. The van der Waals surface area contributed by atoms with E-state index in [-0.39, 0.29) is 24.4 Å². The lowest BCUT2D eigenvalue weighted by molar-refractivity contribution is -0.124. The lowest BCUT2D eigenvalue weighted by Crippen LogP contribution is -2.56. The van der Waals surface area contributed by atoms with E-state index in [9.17, 15) is 9.59 Å². The van der Waals surface area contributed by atoms with Crippen molar-refractivity contribution in [1.82, 2.24) is 10.6 Å².